The van der Waals surface area contributed by atoms with Gasteiger partial charge in [-0.15, -0.1) is 0 Å². The van der Waals surface area contributed by atoms with Gasteiger partial charge in [-0.1, -0.05) is 30.1 Å². The van der Waals surface area contributed by atoms with Crippen LogP contribution in [0.1, 0.15) is 23.7 Å². The summed E-state index contributed by atoms with van der Waals surface area (Å²) in [5.74, 6) is -2.65. The molecule has 21 heavy (non-hydrogen) atoms. The summed E-state index contributed by atoms with van der Waals surface area (Å²) in [6.07, 6.45) is 0.318. The lowest BCUT2D eigenvalue weighted by Crippen LogP contribution is -2.59. The van der Waals surface area contributed by atoms with Gasteiger partial charge in [0.15, 0.2) is 0 Å². The molecule has 8 heteroatoms. The normalized spacial score (nSPS) is 18.7. The smallest absolute Gasteiger partial charge is 0.256 e. The lowest BCUT2D eigenvalue weighted by Gasteiger charge is -2.33. The largest absolute Gasteiger partial charge is 0.317 e. The predicted molar refractivity (Wildman–Crippen MR) is 74.7 cm³/mol. The fourth-order valence-corrected chi connectivity index (χ4v) is 2.59. The van der Waals surface area contributed by atoms with Crippen LogP contribution >= 0.6 is 23.2 Å². The van der Waals surface area contributed by atoms with Crippen molar-refractivity contribution >= 4 is 40.9 Å². The molecule has 1 saturated heterocycles. The highest BCUT2D eigenvalue weighted by Gasteiger charge is 2.36. The van der Waals surface area contributed by atoms with Crippen molar-refractivity contribution in [3.05, 3.63) is 33.6 Å². The summed E-state index contributed by atoms with van der Waals surface area (Å²) in [6, 6.07) is 1.21. The number of nitrogens with zero attached hydrogens (tertiary/aromatic N) is 1. The van der Waals surface area contributed by atoms with Gasteiger partial charge in [0.1, 0.15) is 18.4 Å². The first-order chi connectivity index (χ1) is 9.85. The van der Waals surface area contributed by atoms with Crippen LogP contribution in [0.4, 0.5) is 4.39 Å². The van der Waals surface area contributed by atoms with Crippen molar-refractivity contribution in [1.29, 1.82) is 0 Å². The Balaban J connectivity index is 2.40. The summed E-state index contributed by atoms with van der Waals surface area (Å²) in [7, 11) is 0. The Morgan fingerprint density at radius 3 is 2.67 bits per heavy atom. The molecule has 1 unspecified atom stereocenters. The molecule has 1 atom stereocenters. The molecule has 1 aliphatic rings. The maximum absolute atomic E-state index is 13.5. The van der Waals surface area contributed by atoms with Gasteiger partial charge in [0.05, 0.1) is 15.6 Å². The molecule has 5 nitrogen and oxygen atoms in total. The molecule has 1 aromatic rings. The van der Waals surface area contributed by atoms with Crippen LogP contribution in [0.2, 0.25) is 10.0 Å². The highest BCUT2D eigenvalue weighted by Crippen LogP contribution is 2.26. The zero-order valence-electron chi connectivity index (χ0n) is 11.0. The van der Waals surface area contributed by atoms with Crippen LogP contribution in [-0.4, -0.2) is 35.2 Å². The molecule has 0 spiro atoms. The van der Waals surface area contributed by atoms with Crippen LogP contribution in [0.15, 0.2) is 12.1 Å². The Hall–Kier alpha value is -1.66. The van der Waals surface area contributed by atoms with E-state index in [0.717, 1.165) is 17.0 Å². The van der Waals surface area contributed by atoms with E-state index in [0.29, 0.717) is 6.42 Å². The van der Waals surface area contributed by atoms with Crippen LogP contribution in [0, 0.1) is 5.82 Å². The maximum Gasteiger partial charge on any atom is 0.256 e. The number of nitrogens with one attached hydrogen (secondary N) is 1. The van der Waals surface area contributed by atoms with Crippen LogP contribution in [0.25, 0.3) is 0 Å². The van der Waals surface area contributed by atoms with Crippen molar-refractivity contribution in [3.8, 4) is 0 Å². The molecule has 0 bridgehead atoms. The summed E-state index contributed by atoms with van der Waals surface area (Å²) in [6.45, 7) is 1.41. The summed E-state index contributed by atoms with van der Waals surface area (Å²) < 4.78 is 13.5. The quantitative estimate of drug-likeness (QED) is 0.665. The van der Waals surface area contributed by atoms with Crippen LogP contribution in [0.5, 0.6) is 0 Å². The third-order valence-corrected chi connectivity index (χ3v) is 3.75. The summed E-state index contributed by atoms with van der Waals surface area (Å²) >= 11 is 11.5. The van der Waals surface area contributed by atoms with E-state index < -0.39 is 29.6 Å². The minimum absolute atomic E-state index is 0.0420. The molecule has 0 radical (unpaired) electrons. The van der Waals surface area contributed by atoms with E-state index in [1.807, 2.05) is 0 Å². The van der Waals surface area contributed by atoms with Gasteiger partial charge in [-0.3, -0.25) is 19.7 Å². The van der Waals surface area contributed by atoms with Gasteiger partial charge in [0, 0.05) is 0 Å². The van der Waals surface area contributed by atoms with Gasteiger partial charge < -0.3 is 4.90 Å². The lowest BCUT2D eigenvalue weighted by atomic mass is 10.1. The number of halogens is 3. The van der Waals surface area contributed by atoms with Gasteiger partial charge in [-0.05, 0) is 18.6 Å². The number of carbonyl (C=O) groups is 3. The Labute approximate surface area is 130 Å². The number of hydrogen-bond donors (Lipinski definition) is 1. The van der Waals surface area contributed by atoms with Crippen molar-refractivity contribution in [2.75, 3.05) is 6.54 Å². The van der Waals surface area contributed by atoms with Gasteiger partial charge in [-0.25, -0.2) is 4.39 Å². The second-order valence-corrected chi connectivity index (χ2v) is 5.33. The average molecular weight is 333 g/mol. The van der Waals surface area contributed by atoms with Crippen LogP contribution in [0.3, 0.4) is 0 Å². The minimum atomic E-state index is -0.801. The minimum Gasteiger partial charge on any atom is -0.317 e. The van der Waals surface area contributed by atoms with Crippen LogP contribution in [-0.2, 0) is 9.59 Å². The first-order valence-electron chi connectivity index (χ1n) is 6.14. The molecule has 1 heterocycles. The second-order valence-electron chi connectivity index (χ2n) is 4.52. The fraction of sp³-hybridized carbons (Fsp3) is 0.308. The molecule has 2 rings (SSSR count). The summed E-state index contributed by atoms with van der Waals surface area (Å²) in [5.41, 5.74) is -0.139. The van der Waals surface area contributed by atoms with Crippen molar-refractivity contribution in [2.45, 2.75) is 19.4 Å². The number of benzene rings is 1. The molecular weight excluding hydrogens is 322 g/mol. The predicted octanol–water partition coefficient (Wildman–Crippen LogP) is 2.01. The third kappa shape index (κ3) is 3.01. The van der Waals surface area contributed by atoms with E-state index in [2.05, 4.69) is 5.32 Å². The van der Waals surface area contributed by atoms with Gasteiger partial charge in [0.25, 0.3) is 5.91 Å². The van der Waals surface area contributed by atoms with Gasteiger partial charge >= 0.3 is 0 Å². The van der Waals surface area contributed by atoms with Crippen LogP contribution < -0.4 is 5.32 Å². The second kappa shape index (κ2) is 5.99. The molecule has 112 valence electrons. The van der Waals surface area contributed by atoms with E-state index in [1.54, 1.807) is 6.92 Å². The zero-order valence-corrected chi connectivity index (χ0v) is 12.5. The monoisotopic (exact) mass is 332 g/mol. The highest BCUT2D eigenvalue weighted by atomic mass is 35.5. The van der Waals surface area contributed by atoms with Gasteiger partial charge in [-0.2, -0.15) is 0 Å². The van der Waals surface area contributed by atoms with Gasteiger partial charge in [0.2, 0.25) is 11.8 Å². The number of rotatable bonds is 2. The molecular formula is C13H11Cl2FN2O3. The highest BCUT2D eigenvalue weighted by molar-refractivity contribution is 6.37. The number of imide groups is 1. The number of carbonyl (C=O) groups excluding carboxylic acids is 3. The SMILES string of the molecule is CCC1C(=O)NC(=O)CN1C(=O)c1cc(F)c(Cl)cc1Cl. The van der Waals surface area contributed by atoms with Crippen molar-refractivity contribution in [2.24, 2.45) is 0 Å². The first-order valence-corrected chi connectivity index (χ1v) is 6.90. The number of piperazine rings is 1. The Kier molecular flexibility index (Phi) is 4.49. The molecule has 1 aromatic carbocycles. The van der Waals surface area contributed by atoms with E-state index in [4.69, 9.17) is 23.2 Å². The lowest BCUT2D eigenvalue weighted by molar-refractivity contribution is -0.138. The zero-order chi connectivity index (χ0) is 15.7. The number of amides is 3. The molecule has 0 saturated carbocycles. The number of hydrogen-bond acceptors (Lipinski definition) is 3. The van der Waals surface area contributed by atoms with Crippen molar-refractivity contribution < 1.29 is 18.8 Å². The first kappa shape index (κ1) is 15.7. The molecule has 1 aliphatic heterocycles. The maximum atomic E-state index is 13.5. The van der Waals surface area contributed by atoms with Crippen molar-refractivity contribution in [1.82, 2.24) is 10.2 Å². The fourth-order valence-electron chi connectivity index (χ4n) is 2.13. The Bertz CT molecular complexity index is 636. The standard InChI is InChI=1S/C13H11Cl2FN2O3/c1-2-10-12(20)17-11(19)5-18(10)13(21)6-3-9(16)8(15)4-7(6)14/h3-4,10H,2,5H2,1H3,(H,17,19,20). The average Bonchev–Trinajstić information content (AvgIpc) is 2.41. The van der Waals surface area contributed by atoms with E-state index in [9.17, 15) is 18.8 Å². The molecule has 0 aromatic heterocycles. The molecule has 0 aliphatic carbocycles. The Morgan fingerprint density at radius 1 is 1.38 bits per heavy atom. The molecule has 1 N–H and O–H groups in total. The molecule has 1 fully saturated rings. The summed E-state index contributed by atoms with van der Waals surface area (Å²) in [5, 5.41) is 1.90. The van der Waals surface area contributed by atoms with Crippen molar-refractivity contribution in [3.63, 3.8) is 0 Å². The molecule has 3 amide bonds. The Morgan fingerprint density at radius 2 is 2.05 bits per heavy atom. The topological polar surface area (TPSA) is 66.5 Å². The van der Waals surface area contributed by atoms with E-state index >= 15 is 0 Å². The third-order valence-electron chi connectivity index (χ3n) is 3.14. The van der Waals surface area contributed by atoms with E-state index in [-0.39, 0.29) is 22.2 Å². The summed E-state index contributed by atoms with van der Waals surface area (Å²) in [4.78, 5) is 36.7. The van der Waals surface area contributed by atoms with E-state index in [1.165, 1.54) is 0 Å².